The molecule has 3 aromatic carbocycles. The van der Waals surface area contributed by atoms with Crippen LogP contribution < -0.4 is 0 Å². The van der Waals surface area contributed by atoms with Crippen LogP contribution in [0.2, 0.25) is 0 Å². The Hall–Kier alpha value is -3.66. The molecule has 0 saturated carbocycles. The largest absolute Gasteiger partial charge is 0.508 e. The topological polar surface area (TPSA) is 55.1 Å². The molecule has 174 valence electrons. The highest BCUT2D eigenvalue weighted by Gasteiger charge is 2.32. The summed E-state index contributed by atoms with van der Waals surface area (Å²) < 4.78 is 1.81. The van der Waals surface area contributed by atoms with Crippen LogP contribution in [0.4, 0.5) is 0 Å². The Morgan fingerprint density at radius 3 is 2.47 bits per heavy atom. The molecule has 4 aromatic rings. The van der Waals surface area contributed by atoms with Crippen molar-refractivity contribution in [2.24, 2.45) is 0 Å². The maximum atomic E-state index is 10.6. The number of aldehydes is 1. The fourth-order valence-electron chi connectivity index (χ4n) is 4.98. The Labute approximate surface area is 201 Å². The van der Waals surface area contributed by atoms with Crippen molar-refractivity contribution in [2.45, 2.75) is 51.5 Å². The first-order valence-electron chi connectivity index (χ1n) is 12.2. The van der Waals surface area contributed by atoms with Gasteiger partial charge in [-0.15, -0.1) is 0 Å². The molecule has 1 aromatic heterocycles. The summed E-state index contributed by atoms with van der Waals surface area (Å²) in [5.41, 5.74) is 7.35. The molecular formula is C30H32N2O2. The minimum absolute atomic E-state index is 0.242. The summed E-state index contributed by atoms with van der Waals surface area (Å²) in [4.78, 5) is 10.6. The quantitative estimate of drug-likeness (QED) is 0.330. The van der Waals surface area contributed by atoms with Gasteiger partial charge in [-0.25, -0.2) is 0 Å². The number of aryl methyl sites for hydroxylation is 2. The molecule has 0 fully saturated rings. The van der Waals surface area contributed by atoms with Gasteiger partial charge in [-0.2, -0.15) is 5.10 Å². The molecule has 1 heterocycles. The van der Waals surface area contributed by atoms with Crippen molar-refractivity contribution in [3.8, 4) is 16.9 Å². The van der Waals surface area contributed by atoms with Gasteiger partial charge in [-0.1, -0.05) is 74.5 Å². The first-order valence-corrected chi connectivity index (χ1v) is 12.2. The first kappa shape index (κ1) is 23.5. The molecule has 0 saturated heterocycles. The Balaban J connectivity index is 0.00000133. The molecule has 0 bridgehead atoms. The molecule has 4 nitrogen and oxygen atoms in total. The summed E-state index contributed by atoms with van der Waals surface area (Å²) in [5, 5.41) is 14.4. The van der Waals surface area contributed by atoms with Crippen LogP contribution in [0.3, 0.4) is 0 Å². The molecule has 34 heavy (non-hydrogen) atoms. The van der Waals surface area contributed by atoms with E-state index in [0.717, 1.165) is 30.3 Å². The van der Waals surface area contributed by atoms with Gasteiger partial charge in [0, 0.05) is 30.6 Å². The summed E-state index contributed by atoms with van der Waals surface area (Å²) in [6, 6.07) is 25.3. The van der Waals surface area contributed by atoms with E-state index in [1.807, 2.05) is 37.0 Å². The maximum Gasteiger partial charge on any atom is 0.121 e. The predicted octanol–water partition coefficient (Wildman–Crippen LogP) is 6.73. The zero-order valence-electron chi connectivity index (χ0n) is 19.9. The molecule has 2 atom stereocenters. The van der Waals surface area contributed by atoms with Crippen molar-refractivity contribution in [1.82, 2.24) is 9.78 Å². The van der Waals surface area contributed by atoms with E-state index in [1.54, 1.807) is 6.07 Å². The van der Waals surface area contributed by atoms with Crippen LogP contribution in [-0.4, -0.2) is 21.2 Å². The van der Waals surface area contributed by atoms with Crippen LogP contribution in [0, 0.1) is 0 Å². The number of carbonyl (C=O) groups excluding carboxylic acids is 1. The standard InChI is InChI=1S/C28H26N2O2.C2H6/c31-16-4-15-30-19-24(18-29-30)20-7-9-22(10-8-20)28-26(21-5-2-1-3-6-21)13-11-23-17-25(32)12-14-27(23)28;1-2/h1-3,5-10,12,14,16-19,26,28,32H,4,11,13,15H2;1-2H3. The smallest absolute Gasteiger partial charge is 0.121 e. The molecule has 0 spiro atoms. The molecule has 0 amide bonds. The van der Waals surface area contributed by atoms with Crippen LogP contribution in [-0.2, 0) is 17.8 Å². The average molecular weight is 453 g/mol. The van der Waals surface area contributed by atoms with E-state index in [9.17, 15) is 9.90 Å². The highest BCUT2D eigenvalue weighted by Crippen LogP contribution is 2.47. The SMILES string of the molecule is CC.O=CCCn1cc(-c2ccc(C3c4ccc(O)cc4CCC3c3ccccc3)cc2)cn1. The van der Waals surface area contributed by atoms with E-state index in [2.05, 4.69) is 65.8 Å². The van der Waals surface area contributed by atoms with E-state index >= 15 is 0 Å². The second-order valence-electron chi connectivity index (χ2n) is 8.49. The van der Waals surface area contributed by atoms with E-state index < -0.39 is 0 Å². The summed E-state index contributed by atoms with van der Waals surface area (Å²) in [5.74, 6) is 0.971. The highest BCUT2D eigenvalue weighted by atomic mass is 16.3. The van der Waals surface area contributed by atoms with Gasteiger partial charge < -0.3 is 9.90 Å². The number of hydrogen-bond donors (Lipinski definition) is 1. The third-order valence-corrected chi connectivity index (χ3v) is 6.53. The molecule has 1 N–H and O–H groups in total. The van der Waals surface area contributed by atoms with E-state index in [4.69, 9.17) is 0 Å². The third-order valence-electron chi connectivity index (χ3n) is 6.53. The van der Waals surface area contributed by atoms with E-state index in [-0.39, 0.29) is 5.92 Å². The second-order valence-corrected chi connectivity index (χ2v) is 8.49. The van der Waals surface area contributed by atoms with Crippen molar-refractivity contribution in [2.75, 3.05) is 0 Å². The van der Waals surface area contributed by atoms with Gasteiger partial charge in [0.05, 0.1) is 6.20 Å². The van der Waals surface area contributed by atoms with Crippen LogP contribution >= 0.6 is 0 Å². The Kier molecular flexibility index (Phi) is 7.58. The number of phenolic OH excluding ortho intramolecular Hbond substituents is 1. The fourth-order valence-corrected chi connectivity index (χ4v) is 4.98. The van der Waals surface area contributed by atoms with Gasteiger partial charge in [0.2, 0.25) is 0 Å². The number of aromatic hydroxyl groups is 1. The molecule has 5 rings (SSSR count). The number of fused-ring (bicyclic) bond motifs is 1. The number of rotatable bonds is 6. The van der Waals surface area contributed by atoms with Crippen LogP contribution in [0.1, 0.15) is 60.8 Å². The number of nitrogens with zero attached hydrogens (tertiary/aromatic N) is 2. The number of phenols is 1. The van der Waals surface area contributed by atoms with Crippen molar-refractivity contribution >= 4 is 6.29 Å². The van der Waals surface area contributed by atoms with Crippen molar-refractivity contribution in [1.29, 1.82) is 0 Å². The van der Waals surface area contributed by atoms with Gasteiger partial charge in [0.25, 0.3) is 0 Å². The lowest BCUT2D eigenvalue weighted by atomic mass is 9.69. The van der Waals surface area contributed by atoms with Gasteiger partial charge >= 0.3 is 0 Å². The first-order chi connectivity index (χ1) is 16.7. The van der Waals surface area contributed by atoms with Gasteiger partial charge in [-0.3, -0.25) is 4.68 Å². The van der Waals surface area contributed by atoms with Crippen LogP contribution in [0.15, 0.2) is 85.2 Å². The summed E-state index contributed by atoms with van der Waals surface area (Å²) >= 11 is 0. The number of hydrogen-bond acceptors (Lipinski definition) is 3. The molecule has 4 heteroatoms. The monoisotopic (exact) mass is 452 g/mol. The Morgan fingerprint density at radius 1 is 0.971 bits per heavy atom. The van der Waals surface area contributed by atoms with Gasteiger partial charge in [0.15, 0.2) is 0 Å². The molecule has 2 unspecified atom stereocenters. The van der Waals surface area contributed by atoms with Gasteiger partial charge in [-0.05, 0) is 58.7 Å². The highest BCUT2D eigenvalue weighted by molar-refractivity contribution is 5.63. The molecular weight excluding hydrogens is 420 g/mol. The zero-order valence-corrected chi connectivity index (χ0v) is 19.9. The Bertz CT molecular complexity index is 1210. The van der Waals surface area contributed by atoms with Gasteiger partial charge in [0.1, 0.15) is 12.0 Å². The summed E-state index contributed by atoms with van der Waals surface area (Å²) in [6.45, 7) is 4.60. The summed E-state index contributed by atoms with van der Waals surface area (Å²) in [7, 11) is 0. The normalized spacial score (nSPS) is 16.8. The van der Waals surface area contributed by atoms with Crippen molar-refractivity contribution in [3.63, 3.8) is 0 Å². The summed E-state index contributed by atoms with van der Waals surface area (Å²) in [6.07, 6.45) is 7.25. The maximum absolute atomic E-state index is 10.6. The van der Waals surface area contributed by atoms with Crippen LogP contribution in [0.5, 0.6) is 5.75 Å². The van der Waals surface area contributed by atoms with E-state index in [1.165, 1.54) is 22.3 Å². The number of aromatic nitrogens is 2. The van der Waals surface area contributed by atoms with Crippen molar-refractivity contribution in [3.05, 3.63) is 107 Å². The predicted molar refractivity (Wildman–Crippen MR) is 137 cm³/mol. The molecule has 0 aliphatic heterocycles. The second kappa shape index (κ2) is 11.0. The third kappa shape index (κ3) is 4.96. The number of carbonyl (C=O) groups is 1. The minimum Gasteiger partial charge on any atom is -0.508 e. The van der Waals surface area contributed by atoms with E-state index in [0.29, 0.717) is 24.6 Å². The lowest BCUT2D eigenvalue weighted by Crippen LogP contribution is -2.20. The molecule has 0 radical (unpaired) electrons. The van der Waals surface area contributed by atoms with Crippen molar-refractivity contribution < 1.29 is 9.90 Å². The fraction of sp³-hybridized carbons (Fsp3) is 0.267. The molecule has 1 aliphatic rings. The minimum atomic E-state index is 0.242. The number of benzene rings is 3. The lowest BCUT2D eigenvalue weighted by Gasteiger charge is -2.35. The average Bonchev–Trinajstić information content (AvgIpc) is 3.37. The Morgan fingerprint density at radius 2 is 1.74 bits per heavy atom. The lowest BCUT2D eigenvalue weighted by molar-refractivity contribution is -0.108. The zero-order chi connectivity index (χ0) is 23.9. The molecule has 1 aliphatic carbocycles. The van der Waals surface area contributed by atoms with Crippen LogP contribution in [0.25, 0.3) is 11.1 Å².